The van der Waals surface area contributed by atoms with Crippen LogP contribution in [0.4, 0.5) is 0 Å². The Kier molecular flexibility index (Phi) is 19.2. The van der Waals surface area contributed by atoms with E-state index >= 15 is 0 Å². The molecule has 0 saturated carbocycles. The molecule has 0 amide bonds. The van der Waals surface area contributed by atoms with E-state index in [1.165, 1.54) is 0 Å². The van der Waals surface area contributed by atoms with Crippen LogP contribution in [0.15, 0.2) is 36.8 Å². The average Bonchev–Trinajstić information content (AvgIpc) is 2.86. The third-order valence-electron chi connectivity index (χ3n) is 5.04. The zero-order valence-corrected chi connectivity index (χ0v) is 21.8. The van der Waals surface area contributed by atoms with Gasteiger partial charge >= 0.3 is 0 Å². The highest BCUT2D eigenvalue weighted by Crippen LogP contribution is 2.19. The quantitative estimate of drug-likeness (QED) is 0.148. The molecule has 0 saturated heterocycles. The first-order valence-electron chi connectivity index (χ1n) is 12.7. The van der Waals surface area contributed by atoms with Crippen molar-refractivity contribution in [3.8, 4) is 0 Å². The lowest BCUT2D eigenvalue weighted by atomic mass is 10.0. The fourth-order valence-electron chi connectivity index (χ4n) is 2.85. The van der Waals surface area contributed by atoms with Crippen LogP contribution in [0.1, 0.15) is 64.5 Å². The van der Waals surface area contributed by atoms with Gasteiger partial charge in [-0.15, -0.1) is 0 Å². The summed E-state index contributed by atoms with van der Waals surface area (Å²) in [4.78, 5) is 0. The molecular formula is C28H46O6. The molecule has 1 aromatic rings. The van der Waals surface area contributed by atoms with Crippen LogP contribution in [0, 0.1) is 0 Å². The van der Waals surface area contributed by atoms with Crippen LogP contribution in [0.2, 0.25) is 0 Å². The van der Waals surface area contributed by atoms with Gasteiger partial charge in [-0.25, -0.2) is 0 Å². The Bertz CT molecular complexity index is 596. The van der Waals surface area contributed by atoms with Crippen molar-refractivity contribution in [2.75, 3.05) is 66.1 Å². The molecule has 0 radical (unpaired) electrons. The molecule has 0 spiro atoms. The fourth-order valence-corrected chi connectivity index (χ4v) is 2.85. The number of allylic oxidation sites excluding steroid dienone is 2. The highest BCUT2D eigenvalue weighted by atomic mass is 16.5. The van der Waals surface area contributed by atoms with Crippen LogP contribution in [-0.4, -0.2) is 66.1 Å². The van der Waals surface area contributed by atoms with E-state index in [1.807, 2.05) is 13.8 Å². The molecule has 0 bridgehead atoms. The summed E-state index contributed by atoms with van der Waals surface area (Å²) in [6, 6.07) is 8.36. The number of hydrogen-bond donors (Lipinski definition) is 0. The fraction of sp³-hybridized carbons (Fsp3) is 0.643. The summed E-state index contributed by atoms with van der Waals surface area (Å²) < 4.78 is 33.2. The second kappa shape index (κ2) is 21.7. The Morgan fingerprint density at radius 2 is 0.853 bits per heavy atom. The Labute approximate surface area is 207 Å². The van der Waals surface area contributed by atoms with Gasteiger partial charge < -0.3 is 28.4 Å². The van der Waals surface area contributed by atoms with E-state index in [2.05, 4.69) is 38.1 Å². The summed E-state index contributed by atoms with van der Waals surface area (Å²) in [5.74, 6) is 0. The highest BCUT2D eigenvalue weighted by molar-refractivity contribution is 5.68. The second-order valence-corrected chi connectivity index (χ2v) is 8.08. The van der Waals surface area contributed by atoms with Gasteiger partial charge in [-0.05, 0) is 49.0 Å². The third kappa shape index (κ3) is 15.9. The van der Waals surface area contributed by atoms with E-state index in [0.29, 0.717) is 52.9 Å². The summed E-state index contributed by atoms with van der Waals surface area (Å²) >= 11 is 0. The predicted molar refractivity (Wildman–Crippen MR) is 139 cm³/mol. The average molecular weight is 479 g/mol. The molecule has 0 aliphatic carbocycles. The van der Waals surface area contributed by atoms with E-state index < -0.39 is 0 Å². The minimum absolute atomic E-state index is 0.527. The maximum absolute atomic E-state index is 5.61. The van der Waals surface area contributed by atoms with Crippen molar-refractivity contribution in [1.29, 1.82) is 0 Å². The minimum Gasteiger partial charge on any atom is -0.498 e. The molecule has 0 N–H and O–H groups in total. The molecule has 0 aliphatic rings. The zero-order valence-electron chi connectivity index (χ0n) is 21.8. The van der Waals surface area contributed by atoms with Gasteiger partial charge in [0.05, 0.1) is 52.2 Å². The van der Waals surface area contributed by atoms with Crippen molar-refractivity contribution in [2.24, 2.45) is 0 Å². The van der Waals surface area contributed by atoms with Crippen LogP contribution in [0.5, 0.6) is 0 Å². The third-order valence-corrected chi connectivity index (χ3v) is 5.04. The molecule has 1 rings (SSSR count). The summed E-state index contributed by atoms with van der Waals surface area (Å²) in [5, 5.41) is 0. The van der Waals surface area contributed by atoms with Crippen molar-refractivity contribution in [3.05, 3.63) is 47.9 Å². The Hall–Kier alpha value is -1.86. The number of unbranched alkanes of at least 4 members (excludes halogenated alkanes) is 2. The normalized spacial score (nSPS) is 12.2. The Balaban J connectivity index is 2.18. The van der Waals surface area contributed by atoms with Gasteiger partial charge in [0.25, 0.3) is 0 Å². The van der Waals surface area contributed by atoms with Crippen LogP contribution in [0.25, 0.3) is 11.1 Å². The van der Waals surface area contributed by atoms with Gasteiger partial charge in [0.15, 0.2) is 0 Å². The van der Waals surface area contributed by atoms with Gasteiger partial charge in [-0.2, -0.15) is 0 Å². The van der Waals surface area contributed by atoms with E-state index in [9.17, 15) is 0 Å². The summed E-state index contributed by atoms with van der Waals surface area (Å²) in [6.45, 7) is 14.7. The van der Waals surface area contributed by atoms with E-state index in [1.54, 1.807) is 12.5 Å². The van der Waals surface area contributed by atoms with Crippen molar-refractivity contribution in [1.82, 2.24) is 0 Å². The van der Waals surface area contributed by atoms with Gasteiger partial charge in [0.1, 0.15) is 13.2 Å². The van der Waals surface area contributed by atoms with Gasteiger partial charge in [0.2, 0.25) is 0 Å². The van der Waals surface area contributed by atoms with Crippen LogP contribution < -0.4 is 0 Å². The lowest BCUT2D eigenvalue weighted by Crippen LogP contribution is -2.08. The molecule has 0 unspecified atom stereocenters. The summed E-state index contributed by atoms with van der Waals surface area (Å²) in [6.07, 6.45) is 8.08. The van der Waals surface area contributed by atoms with Crippen molar-refractivity contribution < 1.29 is 28.4 Å². The maximum atomic E-state index is 5.61. The molecule has 6 nitrogen and oxygen atoms in total. The second-order valence-electron chi connectivity index (χ2n) is 8.08. The maximum Gasteiger partial charge on any atom is 0.111 e. The molecular weight excluding hydrogens is 432 g/mol. The van der Waals surface area contributed by atoms with Crippen molar-refractivity contribution in [3.63, 3.8) is 0 Å². The molecule has 6 heteroatoms. The predicted octanol–water partition coefficient (Wildman–Crippen LogP) is 6.11. The topological polar surface area (TPSA) is 55.4 Å². The lowest BCUT2D eigenvalue weighted by molar-refractivity contribution is 0.0300. The monoisotopic (exact) mass is 478 g/mol. The van der Waals surface area contributed by atoms with Crippen LogP contribution >= 0.6 is 0 Å². The largest absolute Gasteiger partial charge is 0.498 e. The smallest absolute Gasteiger partial charge is 0.111 e. The Morgan fingerprint density at radius 1 is 0.529 bits per heavy atom. The first-order valence-corrected chi connectivity index (χ1v) is 12.7. The SMILES string of the molecule is CCCCOCCOCCOC=C(C)c1ccc(/C(C)=C\OCCOCCOCCCC)cc1. The number of ether oxygens (including phenoxy) is 6. The van der Waals surface area contributed by atoms with E-state index in [-0.39, 0.29) is 0 Å². The summed E-state index contributed by atoms with van der Waals surface area (Å²) in [7, 11) is 0. The molecule has 34 heavy (non-hydrogen) atoms. The molecule has 0 aliphatic heterocycles. The standard InChI is InChI=1S/C28H46O6/c1-5-7-13-29-15-17-31-19-21-33-23-25(3)27-9-11-28(12-10-27)26(4)24-34-22-20-32-18-16-30-14-8-6-2/h9-12,23-24H,5-8,13-22H2,1-4H3/b25-23-,26-24?. The van der Waals surface area contributed by atoms with E-state index in [0.717, 1.165) is 61.2 Å². The lowest BCUT2D eigenvalue weighted by Gasteiger charge is -2.08. The molecule has 0 atom stereocenters. The first-order chi connectivity index (χ1) is 16.7. The molecule has 0 aromatic heterocycles. The Morgan fingerprint density at radius 3 is 1.21 bits per heavy atom. The van der Waals surface area contributed by atoms with Crippen molar-refractivity contribution in [2.45, 2.75) is 53.4 Å². The zero-order chi connectivity index (χ0) is 24.7. The van der Waals surface area contributed by atoms with Crippen LogP contribution in [-0.2, 0) is 28.4 Å². The minimum atomic E-state index is 0.527. The molecule has 0 heterocycles. The van der Waals surface area contributed by atoms with Crippen LogP contribution in [0.3, 0.4) is 0 Å². The van der Waals surface area contributed by atoms with Gasteiger partial charge in [-0.1, -0.05) is 51.0 Å². The van der Waals surface area contributed by atoms with Crippen molar-refractivity contribution >= 4 is 11.1 Å². The van der Waals surface area contributed by atoms with E-state index in [4.69, 9.17) is 28.4 Å². The number of hydrogen-bond acceptors (Lipinski definition) is 6. The number of rotatable bonds is 22. The first kappa shape index (κ1) is 30.2. The number of benzene rings is 1. The highest BCUT2D eigenvalue weighted by Gasteiger charge is 2.00. The molecule has 194 valence electrons. The molecule has 1 aromatic carbocycles. The molecule has 0 fully saturated rings. The van der Waals surface area contributed by atoms with Gasteiger partial charge in [0, 0.05) is 13.2 Å². The summed E-state index contributed by atoms with van der Waals surface area (Å²) in [5.41, 5.74) is 4.39. The van der Waals surface area contributed by atoms with Gasteiger partial charge in [-0.3, -0.25) is 0 Å².